The first-order chi connectivity index (χ1) is 10.2. The zero-order valence-corrected chi connectivity index (χ0v) is 11.3. The van der Waals surface area contributed by atoms with Crippen LogP contribution in [0.2, 0.25) is 0 Å². The lowest BCUT2D eigenvalue weighted by molar-refractivity contribution is 0.443. The van der Waals surface area contributed by atoms with Gasteiger partial charge < -0.3 is 15.0 Å². The van der Waals surface area contributed by atoms with Crippen LogP contribution < -0.4 is 26.2 Å². The van der Waals surface area contributed by atoms with E-state index in [2.05, 4.69) is 25.4 Å². The average Bonchev–Trinajstić information content (AvgIpc) is 2.52. The maximum absolute atomic E-state index is 11.5. The molecule has 0 spiro atoms. The van der Waals surface area contributed by atoms with Crippen LogP contribution in [0.4, 0.5) is 5.69 Å². The second kappa shape index (κ2) is 5.80. The maximum Gasteiger partial charge on any atom is 0.342 e. The second-order valence-corrected chi connectivity index (χ2v) is 4.65. The Morgan fingerprint density at radius 3 is 2.48 bits per heavy atom. The minimum Gasteiger partial charge on any atom is -0.434 e. The summed E-state index contributed by atoms with van der Waals surface area (Å²) in [5, 5.41) is 8.98. The van der Waals surface area contributed by atoms with Gasteiger partial charge in [-0.05, 0) is 24.3 Å². The predicted octanol–water partition coefficient (Wildman–Crippen LogP) is -0.340. The lowest BCUT2D eigenvalue weighted by Crippen LogP contribution is -2.43. The highest BCUT2D eigenvalue weighted by Crippen LogP contribution is 2.21. The van der Waals surface area contributed by atoms with Crippen LogP contribution in [0.5, 0.6) is 11.6 Å². The summed E-state index contributed by atoms with van der Waals surface area (Å²) < 4.78 is 5.35. The molecule has 8 heteroatoms. The summed E-state index contributed by atoms with van der Waals surface area (Å²) in [5.74, 6) is 0.295. The van der Waals surface area contributed by atoms with Crippen LogP contribution in [0.15, 0.2) is 33.9 Å². The van der Waals surface area contributed by atoms with Gasteiger partial charge in [-0.1, -0.05) is 0 Å². The summed E-state index contributed by atoms with van der Waals surface area (Å²) in [6.45, 7) is 3.85. The number of aromatic amines is 2. The van der Waals surface area contributed by atoms with Gasteiger partial charge in [0.15, 0.2) is 0 Å². The fourth-order valence-electron chi connectivity index (χ4n) is 2.17. The second-order valence-electron chi connectivity index (χ2n) is 4.65. The number of benzene rings is 1. The Labute approximate surface area is 119 Å². The van der Waals surface area contributed by atoms with Gasteiger partial charge in [0.25, 0.3) is 0 Å². The molecule has 1 fully saturated rings. The Kier molecular flexibility index (Phi) is 3.69. The van der Waals surface area contributed by atoms with Crippen LogP contribution in [0, 0.1) is 0 Å². The fraction of sp³-hybridized carbons (Fsp3) is 0.308. The summed E-state index contributed by atoms with van der Waals surface area (Å²) >= 11 is 0. The molecular weight excluding hydrogens is 274 g/mol. The van der Waals surface area contributed by atoms with Crippen molar-refractivity contribution in [2.45, 2.75) is 0 Å². The van der Waals surface area contributed by atoms with Crippen molar-refractivity contribution >= 4 is 5.69 Å². The number of rotatable bonds is 3. The Bertz CT molecular complexity index is 716. The van der Waals surface area contributed by atoms with Crippen molar-refractivity contribution in [3.05, 3.63) is 45.1 Å². The third kappa shape index (κ3) is 3.11. The average molecular weight is 289 g/mol. The summed E-state index contributed by atoms with van der Waals surface area (Å²) in [7, 11) is 0. The molecule has 1 saturated heterocycles. The van der Waals surface area contributed by atoms with Gasteiger partial charge in [-0.3, -0.25) is 9.78 Å². The molecule has 3 rings (SSSR count). The molecule has 2 heterocycles. The van der Waals surface area contributed by atoms with E-state index >= 15 is 0 Å². The number of piperazine rings is 1. The van der Waals surface area contributed by atoms with Crippen LogP contribution >= 0.6 is 0 Å². The van der Waals surface area contributed by atoms with Crippen LogP contribution in [0.1, 0.15) is 0 Å². The number of nitrogens with zero attached hydrogens (tertiary/aromatic N) is 2. The molecule has 0 unspecified atom stereocenters. The number of ether oxygens (including phenoxy) is 1. The Balaban J connectivity index is 1.74. The standard InChI is InChI=1S/C13H15N5O3/c19-11-12(16-17-13(20)15-11)21-10-3-1-9(2-4-10)18-7-5-14-6-8-18/h1-4,14H,5-8H2,(H2,15,17,19,20). The van der Waals surface area contributed by atoms with Crippen molar-refractivity contribution in [3.63, 3.8) is 0 Å². The van der Waals surface area contributed by atoms with Crippen molar-refractivity contribution in [1.29, 1.82) is 0 Å². The van der Waals surface area contributed by atoms with E-state index in [1.807, 2.05) is 12.1 Å². The van der Waals surface area contributed by atoms with Gasteiger partial charge >= 0.3 is 17.1 Å². The van der Waals surface area contributed by atoms with E-state index in [4.69, 9.17) is 4.74 Å². The van der Waals surface area contributed by atoms with Gasteiger partial charge in [0.05, 0.1) is 0 Å². The molecule has 0 amide bonds. The molecule has 2 aromatic rings. The quantitative estimate of drug-likeness (QED) is 0.714. The first kappa shape index (κ1) is 13.4. The van der Waals surface area contributed by atoms with E-state index in [-0.39, 0.29) is 5.88 Å². The molecule has 0 bridgehead atoms. The Hall–Kier alpha value is -2.61. The van der Waals surface area contributed by atoms with E-state index < -0.39 is 11.2 Å². The number of hydrogen-bond donors (Lipinski definition) is 3. The zero-order chi connectivity index (χ0) is 14.7. The lowest BCUT2D eigenvalue weighted by Gasteiger charge is -2.29. The van der Waals surface area contributed by atoms with Gasteiger partial charge in [0, 0.05) is 31.9 Å². The minimum atomic E-state index is -0.665. The third-order valence-corrected chi connectivity index (χ3v) is 3.21. The highest BCUT2D eigenvalue weighted by Gasteiger charge is 2.11. The van der Waals surface area contributed by atoms with Gasteiger partial charge in [0.2, 0.25) is 0 Å². The van der Waals surface area contributed by atoms with Gasteiger partial charge in [-0.25, -0.2) is 9.89 Å². The first-order valence-corrected chi connectivity index (χ1v) is 6.65. The van der Waals surface area contributed by atoms with Crippen LogP contribution in [-0.2, 0) is 0 Å². The molecule has 3 N–H and O–H groups in total. The molecule has 0 saturated carbocycles. The molecular formula is C13H15N5O3. The van der Waals surface area contributed by atoms with Gasteiger partial charge in [0.1, 0.15) is 5.75 Å². The van der Waals surface area contributed by atoms with Gasteiger partial charge in [-0.15, -0.1) is 5.10 Å². The zero-order valence-electron chi connectivity index (χ0n) is 11.3. The summed E-state index contributed by atoms with van der Waals surface area (Å²) in [6.07, 6.45) is 0. The molecule has 0 atom stereocenters. The summed E-state index contributed by atoms with van der Waals surface area (Å²) in [6, 6.07) is 7.40. The number of hydrogen-bond acceptors (Lipinski definition) is 6. The normalized spacial score (nSPS) is 15.0. The van der Waals surface area contributed by atoms with Crippen molar-refractivity contribution in [3.8, 4) is 11.6 Å². The Morgan fingerprint density at radius 2 is 1.81 bits per heavy atom. The molecule has 1 aliphatic heterocycles. The first-order valence-electron chi connectivity index (χ1n) is 6.65. The smallest absolute Gasteiger partial charge is 0.342 e. The highest BCUT2D eigenvalue weighted by atomic mass is 16.5. The van der Waals surface area contributed by atoms with Gasteiger partial charge in [-0.2, -0.15) is 0 Å². The third-order valence-electron chi connectivity index (χ3n) is 3.21. The monoisotopic (exact) mass is 289 g/mol. The fourth-order valence-corrected chi connectivity index (χ4v) is 2.17. The largest absolute Gasteiger partial charge is 0.434 e. The summed E-state index contributed by atoms with van der Waals surface area (Å²) in [4.78, 5) is 26.7. The maximum atomic E-state index is 11.5. The molecule has 110 valence electrons. The van der Waals surface area contributed by atoms with E-state index in [1.54, 1.807) is 12.1 Å². The summed E-state index contributed by atoms with van der Waals surface area (Å²) in [5.41, 5.74) is -0.224. The topological polar surface area (TPSA) is 103 Å². The van der Waals surface area contributed by atoms with Crippen molar-refractivity contribution in [2.75, 3.05) is 31.1 Å². The van der Waals surface area contributed by atoms with Crippen molar-refractivity contribution in [1.82, 2.24) is 20.5 Å². The number of anilines is 1. The van der Waals surface area contributed by atoms with Crippen LogP contribution in [-0.4, -0.2) is 41.4 Å². The molecule has 1 aromatic heterocycles. The van der Waals surface area contributed by atoms with Crippen LogP contribution in [0.3, 0.4) is 0 Å². The molecule has 0 radical (unpaired) electrons. The van der Waals surface area contributed by atoms with E-state index in [1.165, 1.54) is 0 Å². The Morgan fingerprint density at radius 1 is 1.10 bits per heavy atom. The molecule has 1 aromatic carbocycles. The lowest BCUT2D eigenvalue weighted by atomic mass is 10.2. The van der Waals surface area contributed by atoms with Crippen molar-refractivity contribution < 1.29 is 4.74 Å². The number of H-pyrrole nitrogens is 2. The molecule has 0 aliphatic carbocycles. The van der Waals surface area contributed by atoms with Crippen molar-refractivity contribution in [2.24, 2.45) is 0 Å². The molecule has 8 nitrogen and oxygen atoms in total. The molecule has 1 aliphatic rings. The SMILES string of the molecule is O=c1[nH]nc(Oc2ccc(N3CCNCC3)cc2)c(=O)[nH]1. The van der Waals surface area contributed by atoms with Crippen LogP contribution in [0.25, 0.3) is 0 Å². The van der Waals surface area contributed by atoms with E-state index in [0.717, 1.165) is 31.9 Å². The van der Waals surface area contributed by atoms with E-state index in [0.29, 0.717) is 5.75 Å². The molecule has 21 heavy (non-hydrogen) atoms. The van der Waals surface area contributed by atoms with E-state index in [9.17, 15) is 9.59 Å². The number of nitrogens with one attached hydrogen (secondary N) is 3. The number of aromatic nitrogens is 3. The highest BCUT2D eigenvalue weighted by molar-refractivity contribution is 5.49. The predicted molar refractivity (Wildman–Crippen MR) is 77.1 cm³/mol. The minimum absolute atomic E-state index is 0.190.